The van der Waals surface area contributed by atoms with Crippen molar-refractivity contribution in [2.24, 2.45) is 5.16 Å². The van der Waals surface area contributed by atoms with Crippen LogP contribution < -0.4 is 11.1 Å². The molecule has 3 heterocycles. The zero-order chi connectivity index (χ0) is 23.6. The monoisotopic (exact) mass is 488 g/mol. The van der Waals surface area contributed by atoms with Gasteiger partial charge in [-0.2, -0.15) is 13.5 Å². The number of thiazole rings is 1. The summed E-state index contributed by atoms with van der Waals surface area (Å²) in [6, 6.07) is -2.63. The molecule has 18 heteroatoms. The molecule has 0 bridgehead atoms. The summed E-state index contributed by atoms with van der Waals surface area (Å²) < 4.78 is 33.9. The molecule has 0 saturated carbocycles. The predicted octanol–water partition coefficient (Wildman–Crippen LogP) is -2.29. The molecule has 5 N–H and O–H groups in total. The lowest BCUT2D eigenvalue weighted by Crippen LogP contribution is -2.73. The Morgan fingerprint density at radius 1 is 1.47 bits per heavy atom. The summed E-state index contributed by atoms with van der Waals surface area (Å²) in [5, 5.41) is 20.0. The lowest BCUT2D eigenvalue weighted by molar-refractivity contribution is -0.149. The van der Waals surface area contributed by atoms with E-state index in [1.807, 2.05) is 0 Å². The van der Waals surface area contributed by atoms with Crippen LogP contribution in [0.25, 0.3) is 0 Å². The predicted molar refractivity (Wildman–Crippen MR) is 105 cm³/mol. The third-order valence-electron chi connectivity index (χ3n) is 4.17. The Morgan fingerprint density at radius 3 is 2.72 bits per heavy atom. The van der Waals surface area contributed by atoms with Gasteiger partial charge in [-0.25, -0.2) is 19.1 Å². The second kappa shape index (κ2) is 8.85. The first-order valence-electron chi connectivity index (χ1n) is 8.61. The summed E-state index contributed by atoms with van der Waals surface area (Å²) >= 11 is 0.965. The van der Waals surface area contributed by atoms with Crippen molar-refractivity contribution < 1.29 is 37.3 Å². The van der Waals surface area contributed by atoms with Crippen LogP contribution in [0.4, 0.5) is 5.13 Å². The van der Waals surface area contributed by atoms with Crippen LogP contribution in [-0.2, 0) is 36.1 Å². The van der Waals surface area contributed by atoms with Crippen LogP contribution in [0.2, 0.25) is 0 Å². The second-order valence-corrected chi connectivity index (χ2v) is 8.52. The van der Waals surface area contributed by atoms with E-state index >= 15 is 0 Å². The number of carbonyl (C=O) groups excluding carboxylic acids is 2. The van der Waals surface area contributed by atoms with E-state index in [1.54, 1.807) is 0 Å². The van der Waals surface area contributed by atoms with Gasteiger partial charge in [-0.3, -0.25) is 18.8 Å². The molecule has 0 unspecified atom stereocenters. The minimum atomic E-state index is -4.91. The van der Waals surface area contributed by atoms with Gasteiger partial charge in [-0.1, -0.05) is 5.16 Å². The Balaban J connectivity index is 1.85. The topological polar surface area (TPSA) is 232 Å². The molecule has 0 spiro atoms. The van der Waals surface area contributed by atoms with Gasteiger partial charge >= 0.3 is 16.3 Å². The number of carboxylic acid groups (broad SMARTS) is 1. The van der Waals surface area contributed by atoms with Crippen molar-refractivity contribution in [1.82, 2.24) is 29.4 Å². The summed E-state index contributed by atoms with van der Waals surface area (Å²) in [7, 11) is -4.91. The summed E-state index contributed by atoms with van der Waals surface area (Å²) in [4.78, 5) is 48.5. The molecule has 2 amide bonds. The Morgan fingerprint density at radius 2 is 2.19 bits per heavy atom. The molecule has 2 aromatic heterocycles. The van der Waals surface area contributed by atoms with E-state index in [0.717, 1.165) is 11.3 Å². The van der Waals surface area contributed by atoms with Crippen LogP contribution in [0.1, 0.15) is 12.6 Å². The highest BCUT2D eigenvalue weighted by atomic mass is 32.2. The molecule has 3 atom stereocenters. The molecule has 1 aliphatic heterocycles. The first-order chi connectivity index (χ1) is 15.0. The lowest BCUT2D eigenvalue weighted by atomic mass is 9.98. The summed E-state index contributed by atoms with van der Waals surface area (Å²) in [5.41, 5.74) is 5.00. The SMILES string of the molecule is C[C@@H](ON=C(C(=O)N[C@@H]1C(=O)N(S(=O)(=O)O)[C@H]1Cn1cncn1)c1csc(N)n1)C(=O)O. The average molecular weight is 488 g/mol. The highest BCUT2D eigenvalue weighted by Gasteiger charge is 2.54. The zero-order valence-electron chi connectivity index (χ0n) is 16.1. The number of aromatic nitrogens is 4. The van der Waals surface area contributed by atoms with Crippen molar-refractivity contribution in [1.29, 1.82) is 0 Å². The number of oxime groups is 1. The number of nitrogen functional groups attached to an aromatic ring is 1. The average Bonchev–Trinajstić information content (AvgIpc) is 3.36. The number of carboxylic acids is 1. The van der Waals surface area contributed by atoms with Crippen molar-refractivity contribution in [3.8, 4) is 0 Å². The van der Waals surface area contributed by atoms with Crippen LogP contribution in [0.3, 0.4) is 0 Å². The van der Waals surface area contributed by atoms with Crippen molar-refractivity contribution >= 4 is 50.3 Å². The molecule has 3 rings (SSSR count). The van der Waals surface area contributed by atoms with E-state index in [1.165, 1.54) is 29.6 Å². The number of hydrogen-bond donors (Lipinski definition) is 4. The molecule has 1 fully saturated rings. The number of nitrogens with two attached hydrogens (primary N) is 1. The maximum absolute atomic E-state index is 12.8. The smallest absolute Gasteiger partial charge is 0.362 e. The second-order valence-electron chi connectivity index (χ2n) is 6.34. The molecule has 2 aromatic rings. The van der Waals surface area contributed by atoms with Crippen LogP contribution >= 0.6 is 11.3 Å². The summed E-state index contributed by atoms with van der Waals surface area (Å²) in [6.45, 7) is 0.948. The molecule has 1 aliphatic rings. The summed E-state index contributed by atoms with van der Waals surface area (Å²) in [6.07, 6.45) is 1.01. The molecule has 0 aliphatic carbocycles. The van der Waals surface area contributed by atoms with Crippen LogP contribution in [0.5, 0.6) is 0 Å². The van der Waals surface area contributed by atoms with Crippen LogP contribution in [0.15, 0.2) is 23.2 Å². The van der Waals surface area contributed by atoms with E-state index in [9.17, 15) is 27.4 Å². The third-order valence-corrected chi connectivity index (χ3v) is 5.80. The molecule has 0 aromatic carbocycles. The van der Waals surface area contributed by atoms with Gasteiger partial charge in [0.15, 0.2) is 10.8 Å². The van der Waals surface area contributed by atoms with E-state index in [0.29, 0.717) is 0 Å². The maximum atomic E-state index is 12.8. The van der Waals surface area contributed by atoms with Gasteiger partial charge in [-0.05, 0) is 6.92 Å². The fraction of sp³-hybridized carbons (Fsp3) is 0.357. The fourth-order valence-corrected chi connectivity index (χ4v) is 4.07. The van der Waals surface area contributed by atoms with E-state index in [-0.39, 0.29) is 21.7 Å². The number of rotatable bonds is 9. The Bertz CT molecular complexity index is 1160. The van der Waals surface area contributed by atoms with Crippen LogP contribution in [-0.4, -0.2) is 83.8 Å². The van der Waals surface area contributed by atoms with Gasteiger partial charge in [0.25, 0.3) is 11.8 Å². The highest BCUT2D eigenvalue weighted by molar-refractivity contribution is 7.84. The number of aliphatic carboxylic acids is 1. The summed E-state index contributed by atoms with van der Waals surface area (Å²) in [5.74, 6) is -3.48. The Kier molecular flexibility index (Phi) is 6.37. The number of hydrogen-bond acceptors (Lipinski definition) is 12. The van der Waals surface area contributed by atoms with E-state index < -0.39 is 52.0 Å². The molecule has 172 valence electrons. The van der Waals surface area contributed by atoms with Gasteiger partial charge in [0.1, 0.15) is 24.4 Å². The van der Waals surface area contributed by atoms with Crippen molar-refractivity contribution in [2.75, 3.05) is 5.73 Å². The largest absolute Gasteiger partial charge is 0.478 e. The van der Waals surface area contributed by atoms with E-state index in [4.69, 9.17) is 15.7 Å². The van der Waals surface area contributed by atoms with Gasteiger partial charge in [-0.15, -0.1) is 11.3 Å². The van der Waals surface area contributed by atoms with Gasteiger partial charge in [0.2, 0.25) is 6.10 Å². The fourth-order valence-electron chi connectivity index (χ4n) is 2.65. The number of nitrogens with one attached hydrogen (secondary N) is 1. The van der Waals surface area contributed by atoms with Crippen molar-refractivity contribution in [3.63, 3.8) is 0 Å². The van der Waals surface area contributed by atoms with Crippen LogP contribution in [0, 0.1) is 0 Å². The van der Waals surface area contributed by atoms with Gasteiger partial charge < -0.3 is 21.0 Å². The quantitative estimate of drug-likeness (QED) is 0.126. The van der Waals surface area contributed by atoms with Crippen molar-refractivity contribution in [2.45, 2.75) is 31.7 Å². The zero-order valence-corrected chi connectivity index (χ0v) is 17.7. The first-order valence-corrected chi connectivity index (χ1v) is 10.9. The van der Waals surface area contributed by atoms with Gasteiger partial charge in [0, 0.05) is 5.38 Å². The lowest BCUT2D eigenvalue weighted by Gasteiger charge is -2.43. The van der Waals surface area contributed by atoms with Gasteiger partial charge in [0.05, 0.1) is 12.6 Å². The number of amides is 2. The maximum Gasteiger partial charge on any atom is 0.362 e. The molecule has 32 heavy (non-hydrogen) atoms. The number of nitrogens with zero attached hydrogens (tertiary/aromatic N) is 6. The van der Waals surface area contributed by atoms with Crippen molar-refractivity contribution in [3.05, 3.63) is 23.7 Å². The normalized spacial score (nSPS) is 19.9. The minimum absolute atomic E-state index is 0.0613. The molecular weight excluding hydrogens is 472 g/mol. The number of β-lactam (4-membered cyclic amide) rings is 1. The molecule has 0 radical (unpaired) electrons. The Labute approximate surface area is 183 Å². The Hall–Kier alpha value is -3.64. The molecule has 1 saturated heterocycles. The third kappa shape index (κ3) is 4.81. The highest BCUT2D eigenvalue weighted by Crippen LogP contribution is 2.25. The first kappa shape index (κ1) is 23.0. The molecule has 16 nitrogen and oxygen atoms in total. The minimum Gasteiger partial charge on any atom is -0.478 e. The molecular formula is C14H16N8O8S2. The number of carbonyl (C=O) groups is 3. The standard InChI is InChI=1S/C14H16N8O8S2/c1-6(13(25)26)30-20-9(7-3-31-14(15)18-7)11(23)19-10-8(2-21-5-16-4-17-21)22(12(10)24)32(27,28)29/h3-6,8,10H,2H2,1H3,(H2,15,18)(H,19,23)(H,25,26)(H,27,28,29)/t6-,8+,10+/m1/s1. The number of anilines is 1. The van der Waals surface area contributed by atoms with E-state index in [2.05, 4.69) is 25.5 Å².